The van der Waals surface area contributed by atoms with Crippen molar-refractivity contribution in [1.82, 2.24) is 10.2 Å². The van der Waals surface area contributed by atoms with E-state index >= 15 is 0 Å². The Morgan fingerprint density at radius 3 is 2.41 bits per heavy atom. The zero-order valence-corrected chi connectivity index (χ0v) is 16.1. The Morgan fingerprint density at radius 1 is 1.07 bits per heavy atom. The molecule has 1 saturated heterocycles. The summed E-state index contributed by atoms with van der Waals surface area (Å²) in [7, 11) is 0. The van der Waals surface area contributed by atoms with Gasteiger partial charge in [0.25, 0.3) is 5.91 Å². The minimum atomic E-state index is -0.433. The van der Waals surface area contributed by atoms with Crippen LogP contribution in [0.25, 0.3) is 0 Å². The Bertz CT molecular complexity index is 891. The van der Waals surface area contributed by atoms with E-state index in [9.17, 15) is 9.59 Å². The Hall–Kier alpha value is -2.82. The molecule has 4 rings (SSSR count). The molecule has 1 atom stereocenters. The molecule has 27 heavy (non-hydrogen) atoms. The fourth-order valence-electron chi connectivity index (χ4n) is 3.94. The van der Waals surface area contributed by atoms with E-state index in [1.807, 2.05) is 18.2 Å². The van der Waals surface area contributed by atoms with Crippen molar-refractivity contribution in [2.24, 2.45) is 0 Å². The fourth-order valence-corrected chi connectivity index (χ4v) is 3.94. The van der Waals surface area contributed by atoms with Crippen molar-refractivity contribution in [2.45, 2.75) is 39.9 Å². The molecular formula is C22H25N3O2. The predicted molar refractivity (Wildman–Crippen MR) is 106 cm³/mol. The lowest BCUT2D eigenvalue weighted by atomic mass is 10.0. The first-order chi connectivity index (χ1) is 12.9. The second-order valence-electron chi connectivity index (χ2n) is 7.58. The second-order valence-corrected chi connectivity index (χ2v) is 7.58. The molecule has 0 aliphatic carbocycles. The number of benzene rings is 2. The number of rotatable bonds is 2. The molecule has 0 unspecified atom stereocenters. The van der Waals surface area contributed by atoms with E-state index in [1.54, 1.807) is 11.8 Å². The third kappa shape index (κ3) is 3.18. The van der Waals surface area contributed by atoms with Crippen molar-refractivity contribution in [1.29, 1.82) is 0 Å². The number of hydrogen-bond donors (Lipinski definition) is 1. The van der Waals surface area contributed by atoms with Crippen LogP contribution in [0.1, 0.15) is 39.5 Å². The van der Waals surface area contributed by atoms with Gasteiger partial charge in [0.05, 0.1) is 0 Å². The lowest BCUT2D eigenvalue weighted by molar-refractivity contribution is -0.127. The van der Waals surface area contributed by atoms with Crippen LogP contribution in [0.2, 0.25) is 0 Å². The van der Waals surface area contributed by atoms with Gasteiger partial charge < -0.3 is 15.1 Å². The quantitative estimate of drug-likeness (QED) is 0.893. The molecule has 2 aliphatic rings. The number of carbonyl (C=O) groups is 2. The third-order valence-electron chi connectivity index (χ3n) is 5.76. The molecule has 5 heteroatoms. The largest absolute Gasteiger partial charge is 0.363 e. The first-order valence-corrected chi connectivity index (χ1v) is 9.47. The Kier molecular flexibility index (Phi) is 4.38. The first-order valence-electron chi connectivity index (χ1n) is 9.47. The van der Waals surface area contributed by atoms with Gasteiger partial charge in [0.15, 0.2) is 0 Å². The average Bonchev–Trinajstić information content (AvgIpc) is 3.07. The molecule has 0 radical (unpaired) electrons. The number of fused-ring (bicyclic) bond motifs is 1. The number of nitrogens with one attached hydrogen (secondary N) is 1. The molecule has 0 saturated carbocycles. The predicted octanol–water partition coefficient (Wildman–Crippen LogP) is 2.78. The summed E-state index contributed by atoms with van der Waals surface area (Å²) < 4.78 is 0. The molecule has 5 nitrogen and oxygen atoms in total. The van der Waals surface area contributed by atoms with E-state index in [2.05, 4.69) is 42.3 Å². The van der Waals surface area contributed by atoms with Crippen molar-refractivity contribution < 1.29 is 9.59 Å². The van der Waals surface area contributed by atoms with Crippen molar-refractivity contribution >= 4 is 17.5 Å². The maximum Gasteiger partial charge on any atom is 0.254 e. The van der Waals surface area contributed by atoms with Gasteiger partial charge in [-0.25, -0.2) is 0 Å². The van der Waals surface area contributed by atoms with Crippen LogP contribution in [0.3, 0.4) is 0 Å². The van der Waals surface area contributed by atoms with E-state index < -0.39 is 6.04 Å². The number of amides is 2. The van der Waals surface area contributed by atoms with Gasteiger partial charge in [-0.15, -0.1) is 0 Å². The van der Waals surface area contributed by atoms with Gasteiger partial charge in [-0.1, -0.05) is 18.2 Å². The number of aryl methyl sites for hydroxylation is 2. The van der Waals surface area contributed by atoms with Crippen molar-refractivity contribution in [3.63, 3.8) is 0 Å². The summed E-state index contributed by atoms with van der Waals surface area (Å²) in [6.45, 7) is 8.84. The maximum absolute atomic E-state index is 13.0. The minimum Gasteiger partial charge on any atom is -0.363 e. The average molecular weight is 363 g/mol. The number of carbonyl (C=O) groups excluding carboxylic acids is 2. The van der Waals surface area contributed by atoms with Crippen LogP contribution in [0, 0.1) is 13.8 Å². The molecule has 2 heterocycles. The first kappa shape index (κ1) is 17.6. The van der Waals surface area contributed by atoms with Gasteiger partial charge in [0.2, 0.25) is 5.91 Å². The van der Waals surface area contributed by atoms with Crippen LogP contribution in [-0.4, -0.2) is 35.8 Å². The highest BCUT2D eigenvalue weighted by molar-refractivity contribution is 5.98. The van der Waals surface area contributed by atoms with Crippen LogP contribution in [0.15, 0.2) is 36.4 Å². The zero-order chi connectivity index (χ0) is 19.1. The number of anilines is 1. The molecule has 2 amide bonds. The number of piperazine rings is 1. The lowest BCUT2D eigenvalue weighted by Gasteiger charge is -2.33. The van der Waals surface area contributed by atoms with Crippen molar-refractivity contribution in [3.8, 4) is 0 Å². The van der Waals surface area contributed by atoms with Crippen LogP contribution in [0.5, 0.6) is 0 Å². The van der Waals surface area contributed by atoms with Crippen LogP contribution in [-0.2, 0) is 17.9 Å². The molecule has 2 aliphatic heterocycles. The molecule has 2 aromatic carbocycles. The zero-order valence-electron chi connectivity index (χ0n) is 16.1. The second kappa shape index (κ2) is 6.72. The molecular weight excluding hydrogens is 338 g/mol. The SMILES string of the molecule is Cc1cc2c(cc1C)CN(c1cccc(C(=O)N3CCNC(=O)[C@H]3C)c1)C2. The van der Waals surface area contributed by atoms with E-state index in [-0.39, 0.29) is 11.8 Å². The molecule has 0 aromatic heterocycles. The van der Waals surface area contributed by atoms with Crippen molar-refractivity contribution in [3.05, 3.63) is 64.2 Å². The summed E-state index contributed by atoms with van der Waals surface area (Å²) in [6.07, 6.45) is 0. The molecule has 1 N–H and O–H groups in total. The van der Waals surface area contributed by atoms with E-state index in [4.69, 9.17) is 0 Å². The summed E-state index contributed by atoms with van der Waals surface area (Å²) >= 11 is 0. The minimum absolute atomic E-state index is 0.0809. The highest BCUT2D eigenvalue weighted by atomic mass is 16.2. The topological polar surface area (TPSA) is 52.7 Å². The summed E-state index contributed by atoms with van der Waals surface area (Å²) in [5, 5.41) is 2.80. The van der Waals surface area contributed by atoms with Gasteiger partial charge in [-0.2, -0.15) is 0 Å². The Morgan fingerprint density at radius 2 is 1.74 bits per heavy atom. The van der Waals surface area contributed by atoms with Crippen molar-refractivity contribution in [2.75, 3.05) is 18.0 Å². The number of hydrogen-bond acceptors (Lipinski definition) is 3. The van der Waals surface area contributed by atoms with Gasteiger partial charge >= 0.3 is 0 Å². The lowest BCUT2D eigenvalue weighted by Crippen LogP contribution is -2.55. The molecule has 1 fully saturated rings. The van der Waals surface area contributed by atoms with Gasteiger partial charge in [-0.05, 0) is 61.2 Å². The highest BCUT2D eigenvalue weighted by Gasteiger charge is 2.30. The van der Waals surface area contributed by atoms with E-state index in [0.29, 0.717) is 18.7 Å². The third-order valence-corrected chi connectivity index (χ3v) is 5.76. The standard InChI is InChI=1S/C22H25N3O2/c1-14-9-18-12-24(13-19(18)10-15(14)2)20-6-4-5-17(11-20)22(27)25-8-7-23-21(26)16(25)3/h4-6,9-11,16H,7-8,12-13H2,1-3H3,(H,23,26)/t16-/m1/s1. The fraction of sp³-hybridized carbons (Fsp3) is 0.364. The normalized spacial score (nSPS) is 19.1. The Labute approximate surface area is 160 Å². The molecule has 2 aromatic rings. The van der Waals surface area contributed by atoms with Gasteiger partial charge in [0.1, 0.15) is 6.04 Å². The van der Waals surface area contributed by atoms with Crippen LogP contribution < -0.4 is 10.2 Å². The smallest absolute Gasteiger partial charge is 0.254 e. The Balaban J connectivity index is 1.57. The van der Waals surface area contributed by atoms with Crippen LogP contribution in [0.4, 0.5) is 5.69 Å². The monoisotopic (exact) mass is 363 g/mol. The molecule has 140 valence electrons. The number of nitrogens with zero attached hydrogens (tertiary/aromatic N) is 2. The summed E-state index contributed by atoms with van der Waals surface area (Å²) in [5.41, 5.74) is 7.03. The highest BCUT2D eigenvalue weighted by Crippen LogP contribution is 2.30. The van der Waals surface area contributed by atoms with Gasteiger partial charge in [0, 0.05) is 37.4 Å². The summed E-state index contributed by atoms with van der Waals surface area (Å²) in [5.74, 6) is -0.172. The van der Waals surface area contributed by atoms with E-state index in [1.165, 1.54) is 22.3 Å². The van der Waals surface area contributed by atoms with Crippen LogP contribution >= 0.6 is 0 Å². The summed E-state index contributed by atoms with van der Waals surface area (Å²) in [6, 6.07) is 11.9. The maximum atomic E-state index is 13.0. The van der Waals surface area contributed by atoms with E-state index in [0.717, 1.165) is 18.8 Å². The molecule has 0 spiro atoms. The molecule has 0 bridgehead atoms. The summed E-state index contributed by atoms with van der Waals surface area (Å²) in [4.78, 5) is 28.8. The van der Waals surface area contributed by atoms with Gasteiger partial charge in [-0.3, -0.25) is 9.59 Å².